The molecular formula is C20H17NO2. The molecule has 0 saturated carbocycles. The van der Waals surface area contributed by atoms with Crippen molar-refractivity contribution in [3.05, 3.63) is 84.2 Å². The summed E-state index contributed by atoms with van der Waals surface area (Å²) in [7, 11) is 0. The molecule has 3 heteroatoms. The lowest BCUT2D eigenvalue weighted by molar-refractivity contribution is 0.0525. The van der Waals surface area contributed by atoms with Crippen LogP contribution in [0.5, 0.6) is 0 Å². The molecule has 1 aromatic heterocycles. The van der Waals surface area contributed by atoms with Crippen LogP contribution in [0.1, 0.15) is 28.5 Å². The van der Waals surface area contributed by atoms with Gasteiger partial charge >= 0.3 is 5.97 Å². The molecule has 0 spiro atoms. The monoisotopic (exact) mass is 303 g/mol. The minimum atomic E-state index is -0.377. The van der Waals surface area contributed by atoms with Crippen molar-refractivity contribution in [2.24, 2.45) is 0 Å². The molecule has 3 rings (SSSR count). The topological polar surface area (TPSA) is 39.2 Å². The minimum absolute atomic E-state index is 0.329. The molecule has 0 aliphatic heterocycles. The molecule has 0 fully saturated rings. The van der Waals surface area contributed by atoms with Crippen molar-refractivity contribution >= 4 is 22.3 Å². The first-order valence-electron chi connectivity index (χ1n) is 7.51. The van der Waals surface area contributed by atoms with Crippen molar-refractivity contribution in [3.8, 4) is 0 Å². The zero-order chi connectivity index (χ0) is 16.2. The van der Waals surface area contributed by atoms with Gasteiger partial charge in [-0.15, -0.1) is 0 Å². The summed E-state index contributed by atoms with van der Waals surface area (Å²) in [5.41, 5.74) is 2.64. The Bertz CT molecular complexity index is 883. The van der Waals surface area contributed by atoms with Crippen molar-refractivity contribution < 1.29 is 9.53 Å². The summed E-state index contributed by atoms with van der Waals surface area (Å²) >= 11 is 0. The fourth-order valence-electron chi connectivity index (χ4n) is 2.53. The number of pyridine rings is 1. The number of fused-ring (bicyclic) bond motifs is 1. The van der Waals surface area contributed by atoms with Gasteiger partial charge < -0.3 is 4.74 Å². The molecule has 0 unspecified atom stereocenters. The molecule has 0 saturated heterocycles. The Morgan fingerprint density at radius 3 is 2.65 bits per heavy atom. The molecule has 0 bridgehead atoms. The molecule has 0 radical (unpaired) electrons. The standard InChI is InChI=1S/C20H17NO2/c1-3-23-20(22)18-9-6-12-21-19(18)14(2)16-11-10-15-7-4-5-8-17(15)13-16/h4-13H,2-3H2,1H3. The Kier molecular flexibility index (Phi) is 4.20. The molecule has 0 aliphatic carbocycles. The van der Waals surface area contributed by atoms with E-state index in [1.54, 1.807) is 25.3 Å². The average Bonchev–Trinajstić information content (AvgIpc) is 2.61. The lowest BCUT2D eigenvalue weighted by Crippen LogP contribution is -2.09. The lowest BCUT2D eigenvalue weighted by atomic mass is 9.97. The van der Waals surface area contributed by atoms with E-state index in [-0.39, 0.29) is 5.97 Å². The van der Waals surface area contributed by atoms with Crippen LogP contribution in [-0.2, 0) is 4.74 Å². The molecule has 0 aliphatic rings. The van der Waals surface area contributed by atoms with Gasteiger partial charge in [-0.2, -0.15) is 0 Å². The van der Waals surface area contributed by atoms with E-state index in [1.807, 2.05) is 24.3 Å². The van der Waals surface area contributed by atoms with Gasteiger partial charge in [-0.3, -0.25) is 4.98 Å². The van der Waals surface area contributed by atoms with Gasteiger partial charge in [-0.1, -0.05) is 43.0 Å². The van der Waals surface area contributed by atoms with Crippen LogP contribution in [0.25, 0.3) is 16.3 Å². The Morgan fingerprint density at radius 1 is 1.09 bits per heavy atom. The zero-order valence-electron chi connectivity index (χ0n) is 13.0. The number of ether oxygens (including phenoxy) is 1. The Hall–Kier alpha value is -2.94. The van der Waals surface area contributed by atoms with Gasteiger partial charge in [0.15, 0.2) is 0 Å². The summed E-state index contributed by atoms with van der Waals surface area (Å²) in [4.78, 5) is 16.4. The Morgan fingerprint density at radius 2 is 1.87 bits per heavy atom. The van der Waals surface area contributed by atoms with Gasteiger partial charge in [-0.25, -0.2) is 4.79 Å². The normalized spacial score (nSPS) is 10.5. The first-order valence-corrected chi connectivity index (χ1v) is 7.51. The van der Waals surface area contributed by atoms with Gasteiger partial charge in [0.1, 0.15) is 0 Å². The minimum Gasteiger partial charge on any atom is -0.462 e. The number of rotatable bonds is 4. The molecular weight excluding hydrogens is 286 g/mol. The first kappa shape index (κ1) is 15.0. The molecule has 3 nitrogen and oxygen atoms in total. The van der Waals surface area contributed by atoms with Gasteiger partial charge in [0, 0.05) is 11.8 Å². The van der Waals surface area contributed by atoms with Crippen molar-refractivity contribution in [3.63, 3.8) is 0 Å². The van der Waals surface area contributed by atoms with E-state index < -0.39 is 0 Å². The fourth-order valence-corrected chi connectivity index (χ4v) is 2.53. The second-order valence-electron chi connectivity index (χ2n) is 5.16. The second-order valence-corrected chi connectivity index (χ2v) is 5.16. The van der Waals surface area contributed by atoms with E-state index in [0.717, 1.165) is 16.3 Å². The van der Waals surface area contributed by atoms with Crippen LogP contribution in [0.2, 0.25) is 0 Å². The Balaban J connectivity index is 2.04. The maximum absolute atomic E-state index is 12.1. The largest absolute Gasteiger partial charge is 0.462 e. The molecule has 114 valence electrons. The highest BCUT2D eigenvalue weighted by Gasteiger charge is 2.16. The SMILES string of the molecule is C=C(c1ccc2ccccc2c1)c1ncccc1C(=O)OCC. The van der Waals surface area contributed by atoms with Crippen LogP contribution in [0.3, 0.4) is 0 Å². The highest BCUT2D eigenvalue weighted by molar-refractivity contribution is 5.97. The van der Waals surface area contributed by atoms with E-state index >= 15 is 0 Å². The number of carbonyl (C=O) groups excluding carboxylic acids is 1. The molecule has 0 N–H and O–H groups in total. The Labute approximate surface area is 135 Å². The second kappa shape index (κ2) is 6.44. The van der Waals surface area contributed by atoms with Gasteiger partial charge in [0.05, 0.1) is 17.9 Å². The number of carbonyl (C=O) groups is 1. The molecule has 2 aromatic carbocycles. The summed E-state index contributed by atoms with van der Waals surface area (Å²) in [6.07, 6.45) is 1.66. The number of nitrogens with zero attached hydrogens (tertiary/aromatic N) is 1. The summed E-state index contributed by atoms with van der Waals surface area (Å²) in [5.74, 6) is -0.377. The van der Waals surface area contributed by atoms with Crippen molar-refractivity contribution in [1.29, 1.82) is 0 Å². The van der Waals surface area contributed by atoms with Gasteiger partial charge in [0.25, 0.3) is 0 Å². The number of hydrogen-bond acceptors (Lipinski definition) is 3. The summed E-state index contributed by atoms with van der Waals surface area (Å²) in [5, 5.41) is 2.29. The quantitative estimate of drug-likeness (QED) is 0.667. The van der Waals surface area contributed by atoms with Crippen LogP contribution >= 0.6 is 0 Å². The van der Waals surface area contributed by atoms with Crippen molar-refractivity contribution in [1.82, 2.24) is 4.98 Å². The lowest BCUT2D eigenvalue weighted by Gasteiger charge is -2.11. The highest BCUT2D eigenvalue weighted by atomic mass is 16.5. The number of benzene rings is 2. The maximum atomic E-state index is 12.1. The molecule has 1 heterocycles. The van der Waals surface area contributed by atoms with Gasteiger partial charge in [-0.05, 0) is 41.5 Å². The fraction of sp³-hybridized carbons (Fsp3) is 0.100. The average molecular weight is 303 g/mol. The smallest absolute Gasteiger partial charge is 0.340 e. The third-order valence-corrected chi connectivity index (χ3v) is 3.69. The molecule has 0 amide bonds. The number of esters is 1. The van der Waals surface area contributed by atoms with E-state index in [2.05, 4.69) is 29.8 Å². The van der Waals surface area contributed by atoms with Crippen LogP contribution < -0.4 is 0 Å². The van der Waals surface area contributed by atoms with Gasteiger partial charge in [0.2, 0.25) is 0 Å². The number of aromatic nitrogens is 1. The zero-order valence-corrected chi connectivity index (χ0v) is 13.0. The van der Waals surface area contributed by atoms with E-state index in [1.165, 1.54) is 0 Å². The molecule has 0 atom stereocenters. The summed E-state index contributed by atoms with van der Waals surface area (Å²) in [6, 6.07) is 17.7. The van der Waals surface area contributed by atoms with Crippen LogP contribution in [0.4, 0.5) is 0 Å². The van der Waals surface area contributed by atoms with E-state index in [4.69, 9.17) is 4.74 Å². The summed E-state index contributed by atoms with van der Waals surface area (Å²) in [6.45, 7) is 6.25. The van der Waals surface area contributed by atoms with Crippen molar-refractivity contribution in [2.75, 3.05) is 6.61 Å². The van der Waals surface area contributed by atoms with Crippen LogP contribution in [-0.4, -0.2) is 17.6 Å². The molecule has 3 aromatic rings. The highest BCUT2D eigenvalue weighted by Crippen LogP contribution is 2.26. The third-order valence-electron chi connectivity index (χ3n) is 3.69. The first-order chi connectivity index (χ1) is 11.2. The maximum Gasteiger partial charge on any atom is 0.340 e. The predicted molar refractivity (Wildman–Crippen MR) is 92.3 cm³/mol. The summed E-state index contributed by atoms with van der Waals surface area (Å²) < 4.78 is 5.10. The third kappa shape index (κ3) is 2.99. The van der Waals surface area contributed by atoms with E-state index in [9.17, 15) is 4.79 Å². The van der Waals surface area contributed by atoms with E-state index in [0.29, 0.717) is 23.4 Å². The number of hydrogen-bond donors (Lipinski definition) is 0. The van der Waals surface area contributed by atoms with Crippen LogP contribution in [0, 0.1) is 0 Å². The molecule has 23 heavy (non-hydrogen) atoms. The van der Waals surface area contributed by atoms with Crippen LogP contribution in [0.15, 0.2) is 67.4 Å². The van der Waals surface area contributed by atoms with Crippen molar-refractivity contribution in [2.45, 2.75) is 6.92 Å². The predicted octanol–water partition coefficient (Wildman–Crippen LogP) is 4.47.